The number of carbonyl (C=O) groups excluding carboxylic acids is 2. The lowest BCUT2D eigenvalue weighted by molar-refractivity contribution is -0.883. The Labute approximate surface area is 164 Å². The van der Waals surface area contributed by atoms with E-state index >= 15 is 0 Å². The van der Waals surface area contributed by atoms with E-state index in [9.17, 15) is 18.0 Å². The number of likely N-dealkylation sites (N-methyl/N-ethyl adjacent to an activating group) is 1. The van der Waals surface area contributed by atoms with Crippen LogP contribution < -0.4 is 9.64 Å². The number of quaternary nitrogens is 1. The van der Waals surface area contributed by atoms with E-state index in [-0.39, 0.29) is 22.0 Å². The van der Waals surface area contributed by atoms with Gasteiger partial charge in [-0.05, 0) is 49.4 Å². The van der Waals surface area contributed by atoms with Gasteiger partial charge in [0.05, 0.1) is 43.7 Å². The van der Waals surface area contributed by atoms with E-state index in [0.717, 1.165) is 13.1 Å². The number of Topliss-reactive ketones (excluding diaryl/α,β-unsaturated/α-hetero) is 1. The molecule has 0 bridgehead atoms. The number of sulfonamides is 1. The molecule has 2 aromatic rings. The van der Waals surface area contributed by atoms with E-state index in [4.69, 9.17) is 4.74 Å². The quantitative estimate of drug-likeness (QED) is 0.450. The number of rotatable bonds is 5. The average Bonchev–Trinajstić information content (AvgIpc) is 2.69. The number of benzene rings is 2. The topological polar surface area (TPSA) is 85.2 Å². The van der Waals surface area contributed by atoms with Gasteiger partial charge in [0, 0.05) is 5.56 Å². The first kappa shape index (κ1) is 20.2. The third-order valence-electron chi connectivity index (χ3n) is 4.75. The van der Waals surface area contributed by atoms with Gasteiger partial charge in [-0.25, -0.2) is 13.2 Å². The van der Waals surface area contributed by atoms with Crippen molar-refractivity contribution in [3.05, 3.63) is 59.7 Å². The Balaban J connectivity index is 1.76. The Kier molecular flexibility index (Phi) is 5.93. The van der Waals surface area contributed by atoms with Gasteiger partial charge in [0.2, 0.25) is 10.0 Å². The highest BCUT2D eigenvalue weighted by atomic mass is 32.2. The van der Waals surface area contributed by atoms with Gasteiger partial charge in [0.25, 0.3) is 0 Å². The predicted molar refractivity (Wildman–Crippen MR) is 103 cm³/mol. The fourth-order valence-electron chi connectivity index (χ4n) is 2.96. The number of hydrogen-bond acceptors (Lipinski definition) is 5. The monoisotopic (exact) mass is 403 g/mol. The van der Waals surface area contributed by atoms with Crippen molar-refractivity contribution in [2.45, 2.75) is 11.8 Å². The first-order chi connectivity index (χ1) is 13.3. The number of ether oxygens (including phenoxy) is 1. The molecule has 0 aliphatic carbocycles. The van der Waals surface area contributed by atoms with Gasteiger partial charge >= 0.3 is 5.97 Å². The molecule has 0 aromatic heterocycles. The average molecular weight is 403 g/mol. The van der Waals surface area contributed by atoms with Crippen LogP contribution in [0.5, 0.6) is 5.75 Å². The summed E-state index contributed by atoms with van der Waals surface area (Å²) in [4.78, 5) is 25.1. The maximum absolute atomic E-state index is 12.9. The molecule has 1 N–H and O–H groups in total. The van der Waals surface area contributed by atoms with E-state index in [0.29, 0.717) is 18.7 Å². The van der Waals surface area contributed by atoms with Crippen molar-refractivity contribution >= 4 is 21.8 Å². The van der Waals surface area contributed by atoms with E-state index < -0.39 is 16.0 Å². The van der Waals surface area contributed by atoms with Crippen LogP contribution in [0.25, 0.3) is 0 Å². The van der Waals surface area contributed by atoms with Crippen molar-refractivity contribution < 1.29 is 27.6 Å². The first-order valence-electron chi connectivity index (χ1n) is 9.02. The molecule has 2 aromatic carbocycles. The second kappa shape index (κ2) is 8.22. The summed E-state index contributed by atoms with van der Waals surface area (Å²) in [5, 5.41) is 0. The highest BCUT2D eigenvalue weighted by molar-refractivity contribution is 7.89. The van der Waals surface area contributed by atoms with Gasteiger partial charge in [-0.15, -0.1) is 0 Å². The Morgan fingerprint density at radius 3 is 2.25 bits per heavy atom. The molecule has 1 saturated heterocycles. The molecule has 0 amide bonds. The molecule has 0 spiro atoms. The van der Waals surface area contributed by atoms with E-state index in [1.165, 1.54) is 52.5 Å². The second-order valence-electron chi connectivity index (χ2n) is 6.86. The summed E-state index contributed by atoms with van der Waals surface area (Å²) in [6, 6.07) is 12.1. The van der Waals surface area contributed by atoms with Crippen LogP contribution in [0, 0.1) is 0 Å². The number of ketones is 1. The molecule has 28 heavy (non-hydrogen) atoms. The lowest BCUT2D eigenvalue weighted by atomic mass is 10.1. The van der Waals surface area contributed by atoms with E-state index in [1.54, 1.807) is 12.1 Å². The van der Waals surface area contributed by atoms with Crippen LogP contribution in [0.3, 0.4) is 0 Å². The minimum absolute atomic E-state index is 0.0773. The van der Waals surface area contributed by atoms with Gasteiger partial charge in [-0.2, -0.15) is 4.31 Å². The van der Waals surface area contributed by atoms with Crippen molar-refractivity contribution in [3.63, 3.8) is 0 Å². The van der Waals surface area contributed by atoms with Gasteiger partial charge in [-0.1, -0.05) is 6.07 Å². The normalized spacial score (nSPS) is 15.9. The van der Waals surface area contributed by atoms with E-state index in [2.05, 4.69) is 0 Å². The largest absolute Gasteiger partial charge is 0.423 e. The van der Waals surface area contributed by atoms with Gasteiger partial charge in [0.15, 0.2) is 5.78 Å². The summed E-state index contributed by atoms with van der Waals surface area (Å²) in [5.74, 6) is -0.456. The van der Waals surface area contributed by atoms with Gasteiger partial charge in [0.1, 0.15) is 5.75 Å². The second-order valence-corrected chi connectivity index (χ2v) is 8.80. The molecule has 1 heterocycles. The number of piperazine rings is 1. The fourth-order valence-corrected chi connectivity index (χ4v) is 4.45. The smallest absolute Gasteiger partial charge is 0.343 e. The molecule has 1 aliphatic rings. The summed E-state index contributed by atoms with van der Waals surface area (Å²) in [7, 11) is -1.62. The molecular weight excluding hydrogens is 380 g/mol. The van der Waals surface area contributed by atoms with Crippen LogP contribution >= 0.6 is 0 Å². The SMILES string of the molecule is CC(=O)c1ccc(OC(=O)c2cccc(S(=O)(=O)N3CC[NH+](C)CC3)c2)cc1. The highest BCUT2D eigenvalue weighted by Crippen LogP contribution is 2.19. The molecule has 148 valence electrons. The maximum Gasteiger partial charge on any atom is 0.343 e. The zero-order valence-electron chi connectivity index (χ0n) is 15.8. The number of esters is 1. The van der Waals surface area contributed by atoms with Gasteiger partial charge < -0.3 is 9.64 Å². The van der Waals surface area contributed by atoms with Crippen molar-refractivity contribution in [1.82, 2.24) is 4.31 Å². The first-order valence-corrected chi connectivity index (χ1v) is 10.5. The fraction of sp³-hybridized carbons (Fsp3) is 0.300. The number of carbonyl (C=O) groups is 2. The van der Waals surface area contributed by atoms with Crippen LogP contribution in [0.15, 0.2) is 53.4 Å². The summed E-state index contributed by atoms with van der Waals surface area (Å²) < 4.78 is 32.5. The Morgan fingerprint density at radius 1 is 1.00 bits per heavy atom. The molecule has 0 radical (unpaired) electrons. The predicted octanol–water partition coefficient (Wildman–Crippen LogP) is 0.627. The Morgan fingerprint density at radius 2 is 1.64 bits per heavy atom. The molecule has 8 heteroatoms. The van der Waals surface area contributed by atoms with Crippen LogP contribution in [-0.4, -0.2) is 57.7 Å². The lowest BCUT2D eigenvalue weighted by Gasteiger charge is -2.29. The third-order valence-corrected chi connectivity index (χ3v) is 6.65. The van der Waals surface area contributed by atoms with Crippen LogP contribution in [0.1, 0.15) is 27.6 Å². The highest BCUT2D eigenvalue weighted by Gasteiger charge is 2.29. The molecule has 1 aliphatic heterocycles. The van der Waals surface area contributed by atoms with E-state index in [1.807, 2.05) is 7.05 Å². The number of nitrogens with zero attached hydrogens (tertiary/aromatic N) is 1. The Bertz CT molecular complexity index is 978. The summed E-state index contributed by atoms with van der Waals surface area (Å²) in [6.45, 7) is 3.85. The number of hydrogen-bond donors (Lipinski definition) is 1. The van der Waals surface area contributed by atoms with Gasteiger partial charge in [-0.3, -0.25) is 4.79 Å². The summed E-state index contributed by atoms with van der Waals surface area (Å²) in [5.41, 5.74) is 0.665. The van der Waals surface area contributed by atoms with Crippen molar-refractivity contribution in [2.24, 2.45) is 0 Å². The zero-order chi connectivity index (χ0) is 20.3. The molecule has 7 nitrogen and oxygen atoms in total. The maximum atomic E-state index is 12.9. The lowest BCUT2D eigenvalue weighted by Crippen LogP contribution is -3.12. The van der Waals surface area contributed by atoms with Crippen LogP contribution in [0.2, 0.25) is 0 Å². The van der Waals surface area contributed by atoms with Crippen LogP contribution in [-0.2, 0) is 10.0 Å². The molecular formula is C20H23N2O5S+. The molecule has 0 unspecified atom stereocenters. The minimum Gasteiger partial charge on any atom is -0.423 e. The zero-order valence-corrected chi connectivity index (χ0v) is 16.7. The standard InChI is InChI=1S/C20H22N2O5S/c1-15(23)16-6-8-18(9-7-16)27-20(24)17-4-3-5-19(14-17)28(25,26)22-12-10-21(2)11-13-22/h3-9,14H,10-13H2,1-2H3/p+1. The number of nitrogens with one attached hydrogen (secondary N) is 1. The molecule has 0 saturated carbocycles. The van der Waals surface area contributed by atoms with Crippen molar-refractivity contribution in [1.29, 1.82) is 0 Å². The molecule has 1 fully saturated rings. The van der Waals surface area contributed by atoms with Crippen LogP contribution in [0.4, 0.5) is 0 Å². The van der Waals surface area contributed by atoms with Crippen molar-refractivity contribution in [3.8, 4) is 5.75 Å². The molecule has 0 atom stereocenters. The molecule has 3 rings (SSSR count). The van der Waals surface area contributed by atoms with Crippen molar-refractivity contribution in [2.75, 3.05) is 33.2 Å². The minimum atomic E-state index is -3.65. The summed E-state index contributed by atoms with van der Waals surface area (Å²) >= 11 is 0. The summed E-state index contributed by atoms with van der Waals surface area (Å²) in [6.07, 6.45) is 0. The third kappa shape index (κ3) is 4.46. The Hall–Kier alpha value is -2.55.